The topological polar surface area (TPSA) is 117 Å². The second-order valence-electron chi connectivity index (χ2n) is 6.86. The number of benzene rings is 2. The van der Waals surface area contributed by atoms with E-state index in [1.165, 1.54) is 43.8 Å². The van der Waals surface area contributed by atoms with Gasteiger partial charge in [-0.25, -0.2) is 4.79 Å². The zero-order chi connectivity index (χ0) is 24.1. The van der Waals surface area contributed by atoms with Crippen molar-refractivity contribution in [2.45, 2.75) is 13.8 Å². The normalized spacial score (nSPS) is 10.4. The average Bonchev–Trinajstić information content (AvgIpc) is 3.21. The molecule has 9 nitrogen and oxygen atoms in total. The van der Waals surface area contributed by atoms with E-state index in [0.717, 1.165) is 0 Å². The zero-order valence-electron chi connectivity index (χ0n) is 18.5. The third-order valence-electron chi connectivity index (χ3n) is 4.85. The van der Waals surface area contributed by atoms with Gasteiger partial charge in [0.1, 0.15) is 10.6 Å². The lowest BCUT2D eigenvalue weighted by atomic mass is 10.0. The lowest BCUT2D eigenvalue weighted by Crippen LogP contribution is -2.15. The van der Waals surface area contributed by atoms with Crippen molar-refractivity contribution in [3.05, 3.63) is 68.6 Å². The molecule has 10 heteroatoms. The first-order valence-electron chi connectivity index (χ1n) is 9.88. The number of esters is 1. The number of hydrogen-bond acceptors (Lipinski definition) is 8. The average molecular weight is 471 g/mol. The van der Waals surface area contributed by atoms with Crippen LogP contribution in [0.2, 0.25) is 0 Å². The van der Waals surface area contributed by atoms with Crippen molar-refractivity contribution in [2.24, 2.45) is 0 Å². The third-order valence-corrected chi connectivity index (χ3v) is 5.74. The Labute approximate surface area is 194 Å². The van der Waals surface area contributed by atoms with Gasteiger partial charge in [-0.05, 0) is 43.7 Å². The van der Waals surface area contributed by atoms with Crippen molar-refractivity contribution in [1.82, 2.24) is 0 Å². The number of carbonyl (C=O) groups excluding carboxylic acids is 2. The highest BCUT2D eigenvalue weighted by atomic mass is 32.1. The van der Waals surface area contributed by atoms with Gasteiger partial charge in [0.15, 0.2) is 11.5 Å². The molecule has 0 saturated carbocycles. The number of hydrogen-bond donors (Lipinski definition) is 1. The molecular weight excluding hydrogens is 448 g/mol. The Bertz CT molecular complexity index is 1220. The van der Waals surface area contributed by atoms with Crippen LogP contribution in [0.25, 0.3) is 11.1 Å². The molecular formula is C23H22N2O7S. The number of nitro benzene ring substituents is 1. The Kier molecular flexibility index (Phi) is 7.29. The summed E-state index contributed by atoms with van der Waals surface area (Å²) in [7, 11) is 3.04. The number of rotatable bonds is 8. The van der Waals surface area contributed by atoms with Gasteiger partial charge in [-0.3, -0.25) is 14.9 Å². The maximum Gasteiger partial charge on any atom is 0.341 e. The molecule has 33 heavy (non-hydrogen) atoms. The van der Waals surface area contributed by atoms with Crippen molar-refractivity contribution < 1.29 is 28.7 Å². The monoisotopic (exact) mass is 470 g/mol. The van der Waals surface area contributed by atoms with Crippen molar-refractivity contribution in [3.63, 3.8) is 0 Å². The molecule has 0 aliphatic rings. The molecule has 0 unspecified atom stereocenters. The Morgan fingerprint density at radius 1 is 1.09 bits per heavy atom. The first kappa shape index (κ1) is 23.7. The van der Waals surface area contributed by atoms with E-state index < -0.39 is 16.8 Å². The summed E-state index contributed by atoms with van der Waals surface area (Å²) in [5.74, 6) is -0.0582. The first-order valence-corrected chi connectivity index (χ1v) is 10.8. The van der Waals surface area contributed by atoms with Gasteiger partial charge in [-0.1, -0.05) is 6.07 Å². The number of nitrogens with zero attached hydrogens (tertiary/aromatic N) is 1. The number of ether oxygens (including phenoxy) is 3. The quantitative estimate of drug-likeness (QED) is 0.277. The molecule has 1 N–H and O–H groups in total. The van der Waals surface area contributed by atoms with Crippen molar-refractivity contribution in [3.8, 4) is 22.6 Å². The second kappa shape index (κ2) is 10.1. The standard InChI is InChI=1S/C23H22N2O7S/c1-5-32-23(27)20-16(14-7-9-18(30-3)19(11-14)31-4)12-33-22(20)24-21(26)15-6-8-17(25(28)29)13(2)10-15/h6-12H,5H2,1-4H3,(H,24,26). The summed E-state index contributed by atoms with van der Waals surface area (Å²) in [5, 5.41) is 15.8. The van der Waals surface area contributed by atoms with Crippen LogP contribution in [0.3, 0.4) is 0 Å². The van der Waals surface area contributed by atoms with Crippen molar-refractivity contribution in [1.29, 1.82) is 0 Å². The van der Waals surface area contributed by atoms with Crippen LogP contribution in [0.15, 0.2) is 41.8 Å². The van der Waals surface area contributed by atoms with Crippen LogP contribution in [0.4, 0.5) is 10.7 Å². The van der Waals surface area contributed by atoms with Gasteiger partial charge in [0.2, 0.25) is 0 Å². The number of methoxy groups -OCH3 is 2. The van der Waals surface area contributed by atoms with E-state index in [2.05, 4.69) is 5.32 Å². The molecule has 172 valence electrons. The van der Waals surface area contributed by atoms with Crippen LogP contribution >= 0.6 is 11.3 Å². The maximum atomic E-state index is 12.8. The molecule has 0 aliphatic carbocycles. The first-order chi connectivity index (χ1) is 15.8. The minimum Gasteiger partial charge on any atom is -0.493 e. The van der Waals surface area contributed by atoms with Crippen LogP contribution in [0, 0.1) is 17.0 Å². The highest BCUT2D eigenvalue weighted by molar-refractivity contribution is 7.15. The molecule has 1 amide bonds. The van der Waals surface area contributed by atoms with Crippen LogP contribution < -0.4 is 14.8 Å². The molecule has 0 radical (unpaired) electrons. The van der Waals surface area contributed by atoms with Crippen LogP contribution in [-0.4, -0.2) is 37.6 Å². The van der Waals surface area contributed by atoms with E-state index in [-0.39, 0.29) is 23.4 Å². The Balaban J connectivity index is 2.00. The van der Waals surface area contributed by atoms with Crippen molar-refractivity contribution >= 4 is 33.9 Å². The number of nitrogens with one attached hydrogen (secondary N) is 1. The van der Waals surface area contributed by atoms with E-state index in [0.29, 0.717) is 33.2 Å². The zero-order valence-corrected chi connectivity index (χ0v) is 19.3. The number of nitro groups is 1. The SMILES string of the molecule is CCOC(=O)c1c(-c2ccc(OC)c(OC)c2)csc1NC(=O)c1ccc([N+](=O)[O-])c(C)c1. The maximum absolute atomic E-state index is 12.8. The molecule has 0 aliphatic heterocycles. The number of carbonyl (C=O) groups is 2. The predicted molar refractivity (Wildman–Crippen MR) is 125 cm³/mol. The molecule has 2 aromatic carbocycles. The summed E-state index contributed by atoms with van der Waals surface area (Å²) in [6, 6.07) is 9.30. The van der Waals surface area contributed by atoms with Crippen LogP contribution in [0.5, 0.6) is 11.5 Å². The number of anilines is 1. The molecule has 0 bridgehead atoms. The highest BCUT2D eigenvalue weighted by Gasteiger charge is 2.24. The Morgan fingerprint density at radius 3 is 2.42 bits per heavy atom. The van der Waals surface area contributed by atoms with Gasteiger partial charge in [0.25, 0.3) is 11.6 Å². The predicted octanol–water partition coefficient (Wildman–Crippen LogP) is 5.08. The summed E-state index contributed by atoms with van der Waals surface area (Å²) in [4.78, 5) is 36.2. The number of aryl methyl sites for hydroxylation is 1. The molecule has 1 aromatic heterocycles. The molecule has 0 atom stereocenters. The fraction of sp³-hybridized carbons (Fsp3) is 0.217. The van der Waals surface area contributed by atoms with E-state index in [9.17, 15) is 19.7 Å². The van der Waals surface area contributed by atoms with E-state index >= 15 is 0 Å². The fourth-order valence-corrected chi connectivity index (χ4v) is 4.20. The summed E-state index contributed by atoms with van der Waals surface area (Å²) in [6.07, 6.45) is 0. The molecule has 1 heterocycles. The van der Waals surface area contributed by atoms with E-state index in [1.807, 2.05) is 0 Å². The number of amides is 1. The van der Waals surface area contributed by atoms with Gasteiger partial charge in [-0.15, -0.1) is 11.3 Å². The lowest BCUT2D eigenvalue weighted by molar-refractivity contribution is -0.385. The minimum atomic E-state index is -0.585. The highest BCUT2D eigenvalue weighted by Crippen LogP contribution is 2.39. The Hall–Kier alpha value is -3.92. The van der Waals surface area contributed by atoms with Crippen LogP contribution in [0.1, 0.15) is 33.2 Å². The summed E-state index contributed by atoms with van der Waals surface area (Å²) in [5.41, 5.74) is 1.96. The van der Waals surface area contributed by atoms with Gasteiger partial charge < -0.3 is 19.5 Å². The fourth-order valence-electron chi connectivity index (χ4n) is 3.25. The Morgan fingerprint density at radius 2 is 1.82 bits per heavy atom. The largest absolute Gasteiger partial charge is 0.493 e. The number of thiophene rings is 1. The van der Waals surface area contributed by atoms with E-state index in [1.54, 1.807) is 37.4 Å². The minimum absolute atomic E-state index is 0.0781. The molecule has 0 spiro atoms. The smallest absolute Gasteiger partial charge is 0.341 e. The summed E-state index contributed by atoms with van der Waals surface area (Å²) in [6.45, 7) is 3.41. The third kappa shape index (κ3) is 4.96. The van der Waals surface area contributed by atoms with Gasteiger partial charge in [-0.2, -0.15) is 0 Å². The molecule has 3 rings (SSSR count). The van der Waals surface area contributed by atoms with Crippen LogP contribution in [-0.2, 0) is 4.74 Å². The van der Waals surface area contributed by atoms with Crippen molar-refractivity contribution in [2.75, 3.05) is 26.1 Å². The molecule has 3 aromatic rings. The van der Waals surface area contributed by atoms with E-state index in [4.69, 9.17) is 14.2 Å². The van der Waals surface area contributed by atoms with Gasteiger partial charge >= 0.3 is 5.97 Å². The second-order valence-corrected chi connectivity index (χ2v) is 7.74. The van der Waals surface area contributed by atoms with Gasteiger partial charge in [0.05, 0.1) is 25.7 Å². The molecule has 0 saturated heterocycles. The summed E-state index contributed by atoms with van der Waals surface area (Å²) < 4.78 is 15.9. The molecule has 0 fully saturated rings. The van der Waals surface area contributed by atoms with Gasteiger partial charge in [0, 0.05) is 28.1 Å². The lowest BCUT2D eigenvalue weighted by Gasteiger charge is -2.11. The summed E-state index contributed by atoms with van der Waals surface area (Å²) >= 11 is 1.17.